The number of anilines is 1. The molecule has 1 saturated heterocycles. The molecule has 1 aliphatic heterocycles. The monoisotopic (exact) mass is 406 g/mol. The van der Waals surface area contributed by atoms with Gasteiger partial charge in [0.2, 0.25) is 9.84 Å². The van der Waals surface area contributed by atoms with E-state index in [4.69, 9.17) is 4.74 Å². The molecule has 1 aromatic rings. The Balaban J connectivity index is 2.24. The number of nitrogens with zero attached hydrogens (tertiary/aromatic N) is 1. The predicted octanol–water partition coefficient (Wildman–Crippen LogP) is 3.84. The van der Waals surface area contributed by atoms with E-state index in [-0.39, 0.29) is 23.1 Å². The number of nitro groups is 1. The summed E-state index contributed by atoms with van der Waals surface area (Å²) in [5.74, 6) is -3.52. The van der Waals surface area contributed by atoms with Crippen molar-refractivity contribution >= 4 is 21.2 Å². The van der Waals surface area contributed by atoms with E-state index in [1.807, 2.05) is 0 Å². The number of halogens is 2. The van der Waals surface area contributed by atoms with Crippen LogP contribution in [-0.4, -0.2) is 38.4 Å². The van der Waals surface area contributed by atoms with Gasteiger partial charge in [0.1, 0.15) is 5.69 Å². The summed E-state index contributed by atoms with van der Waals surface area (Å²) in [4.78, 5) is 9.74. The second kappa shape index (κ2) is 8.05. The zero-order valence-electron chi connectivity index (χ0n) is 15.4. The van der Waals surface area contributed by atoms with Crippen molar-refractivity contribution in [2.75, 3.05) is 18.5 Å². The number of hydrogen-bond acceptors (Lipinski definition) is 6. The van der Waals surface area contributed by atoms with E-state index in [1.165, 1.54) is 0 Å². The number of rotatable bonds is 6. The highest BCUT2D eigenvalue weighted by Crippen LogP contribution is 2.35. The molecule has 2 rings (SSSR count). The molecule has 152 valence electrons. The fourth-order valence-electron chi connectivity index (χ4n) is 3.34. The first-order valence-corrected chi connectivity index (χ1v) is 10.1. The molecule has 1 aliphatic rings. The van der Waals surface area contributed by atoms with Crippen LogP contribution >= 0.6 is 0 Å². The lowest BCUT2D eigenvalue weighted by Crippen LogP contribution is -2.42. The first kappa shape index (κ1) is 21.5. The third-order valence-electron chi connectivity index (χ3n) is 4.58. The largest absolute Gasteiger partial charge is 0.379 e. The van der Waals surface area contributed by atoms with E-state index in [9.17, 15) is 27.3 Å². The van der Waals surface area contributed by atoms with Crippen molar-refractivity contribution in [3.8, 4) is 0 Å². The van der Waals surface area contributed by atoms with Gasteiger partial charge in [-0.1, -0.05) is 20.8 Å². The molecule has 27 heavy (non-hydrogen) atoms. The SMILES string of the molecule is CC(C)(C)C1OCCCC1CNc1ccc(S(=O)(=O)C(F)F)cc1[N+](=O)[O-]. The van der Waals surface area contributed by atoms with Gasteiger partial charge in [0.05, 0.1) is 15.9 Å². The van der Waals surface area contributed by atoms with Crippen molar-refractivity contribution in [1.29, 1.82) is 0 Å². The summed E-state index contributed by atoms with van der Waals surface area (Å²) in [6.45, 7) is 7.23. The number of benzene rings is 1. The summed E-state index contributed by atoms with van der Waals surface area (Å²) in [5, 5.41) is 14.3. The summed E-state index contributed by atoms with van der Waals surface area (Å²) in [6, 6.07) is 2.78. The van der Waals surface area contributed by atoms with Crippen LogP contribution in [0.5, 0.6) is 0 Å². The minimum absolute atomic E-state index is 0.0312. The number of nitro benzene ring substituents is 1. The van der Waals surface area contributed by atoms with Crippen LogP contribution in [-0.2, 0) is 14.6 Å². The van der Waals surface area contributed by atoms with Crippen LogP contribution in [0.3, 0.4) is 0 Å². The Kier molecular flexibility index (Phi) is 6.41. The summed E-state index contributed by atoms with van der Waals surface area (Å²) >= 11 is 0. The van der Waals surface area contributed by atoms with E-state index in [2.05, 4.69) is 26.1 Å². The molecule has 7 nitrogen and oxygen atoms in total. The standard InChI is InChI=1S/C17H24F2N2O5S/c1-17(2,3)15-11(5-4-8-26-15)10-20-13-7-6-12(9-14(13)21(22)23)27(24,25)16(18)19/h6-7,9,11,15-16,20H,4-5,8,10H2,1-3H3. The number of sulfone groups is 1. The van der Waals surface area contributed by atoms with Gasteiger partial charge in [-0.25, -0.2) is 8.42 Å². The second-order valence-corrected chi connectivity index (χ2v) is 9.60. The van der Waals surface area contributed by atoms with Gasteiger partial charge in [0.15, 0.2) is 0 Å². The van der Waals surface area contributed by atoms with Crippen LogP contribution in [0.25, 0.3) is 0 Å². The number of nitrogens with one attached hydrogen (secondary N) is 1. The van der Waals surface area contributed by atoms with Crippen LogP contribution in [0.2, 0.25) is 0 Å². The maximum absolute atomic E-state index is 12.7. The third kappa shape index (κ3) is 4.92. The second-order valence-electron chi connectivity index (χ2n) is 7.68. The van der Waals surface area contributed by atoms with Crippen molar-refractivity contribution < 1.29 is 26.9 Å². The van der Waals surface area contributed by atoms with Gasteiger partial charge in [0.25, 0.3) is 5.69 Å². The van der Waals surface area contributed by atoms with Crippen LogP contribution in [0.4, 0.5) is 20.2 Å². The fourth-order valence-corrected chi connectivity index (χ4v) is 4.08. The highest BCUT2D eigenvalue weighted by Gasteiger charge is 2.35. The van der Waals surface area contributed by atoms with Gasteiger partial charge in [-0.2, -0.15) is 8.78 Å². The van der Waals surface area contributed by atoms with Gasteiger partial charge < -0.3 is 10.1 Å². The fraction of sp³-hybridized carbons (Fsp3) is 0.647. The predicted molar refractivity (Wildman–Crippen MR) is 96.7 cm³/mol. The lowest BCUT2D eigenvalue weighted by Gasteiger charge is -2.40. The third-order valence-corrected chi connectivity index (χ3v) is 5.96. The van der Waals surface area contributed by atoms with Crippen molar-refractivity contribution in [3.63, 3.8) is 0 Å². The van der Waals surface area contributed by atoms with Gasteiger partial charge in [-0.05, 0) is 30.4 Å². The minimum Gasteiger partial charge on any atom is -0.379 e. The van der Waals surface area contributed by atoms with Crippen molar-refractivity contribution in [3.05, 3.63) is 28.3 Å². The zero-order valence-corrected chi connectivity index (χ0v) is 16.3. The number of alkyl halides is 2. The first-order chi connectivity index (χ1) is 12.4. The summed E-state index contributed by atoms with van der Waals surface area (Å²) in [6.07, 6.45) is 1.74. The summed E-state index contributed by atoms with van der Waals surface area (Å²) in [7, 11) is -4.90. The average molecular weight is 406 g/mol. The van der Waals surface area contributed by atoms with Gasteiger partial charge in [0, 0.05) is 25.1 Å². The molecule has 0 saturated carbocycles. The first-order valence-electron chi connectivity index (χ1n) is 8.60. The molecule has 0 radical (unpaired) electrons. The molecule has 1 fully saturated rings. The van der Waals surface area contributed by atoms with E-state index < -0.39 is 31.1 Å². The molecule has 0 aliphatic carbocycles. The van der Waals surface area contributed by atoms with E-state index in [1.54, 1.807) is 0 Å². The molecular weight excluding hydrogens is 382 g/mol. The molecule has 10 heteroatoms. The lowest BCUT2D eigenvalue weighted by molar-refractivity contribution is -0.384. The maximum Gasteiger partial charge on any atom is 0.341 e. The summed E-state index contributed by atoms with van der Waals surface area (Å²) < 4.78 is 54.4. The lowest BCUT2D eigenvalue weighted by atomic mass is 9.78. The Labute approximate surface area is 157 Å². The van der Waals surface area contributed by atoms with Crippen LogP contribution in [0.1, 0.15) is 33.6 Å². The van der Waals surface area contributed by atoms with Crippen molar-refractivity contribution in [1.82, 2.24) is 0 Å². The van der Waals surface area contributed by atoms with Crippen molar-refractivity contribution in [2.24, 2.45) is 11.3 Å². The van der Waals surface area contributed by atoms with E-state index >= 15 is 0 Å². The van der Waals surface area contributed by atoms with E-state index in [0.717, 1.165) is 25.0 Å². The Hall–Kier alpha value is -1.81. The van der Waals surface area contributed by atoms with Gasteiger partial charge in [-0.3, -0.25) is 10.1 Å². The Bertz CT molecular complexity index is 793. The zero-order chi connectivity index (χ0) is 20.4. The topological polar surface area (TPSA) is 98.5 Å². The van der Waals surface area contributed by atoms with E-state index in [0.29, 0.717) is 19.2 Å². The molecule has 0 bridgehead atoms. The molecule has 2 unspecified atom stereocenters. The molecular formula is C17H24F2N2O5S. The number of ether oxygens (including phenoxy) is 1. The number of hydrogen-bond donors (Lipinski definition) is 1. The van der Waals surface area contributed by atoms with Gasteiger partial charge >= 0.3 is 5.76 Å². The molecule has 0 amide bonds. The van der Waals surface area contributed by atoms with Crippen LogP contribution < -0.4 is 5.32 Å². The highest BCUT2D eigenvalue weighted by molar-refractivity contribution is 7.91. The maximum atomic E-state index is 12.7. The quantitative estimate of drug-likeness (QED) is 0.569. The normalized spacial score (nSPS) is 21.3. The molecule has 0 spiro atoms. The van der Waals surface area contributed by atoms with Gasteiger partial charge in [-0.15, -0.1) is 0 Å². The molecule has 1 heterocycles. The molecule has 1 aromatic carbocycles. The molecule has 0 aromatic heterocycles. The Morgan fingerprint density at radius 3 is 2.59 bits per heavy atom. The smallest absolute Gasteiger partial charge is 0.341 e. The van der Waals surface area contributed by atoms with Crippen LogP contribution in [0, 0.1) is 21.4 Å². The molecule has 2 atom stereocenters. The summed E-state index contributed by atoms with van der Waals surface area (Å²) in [5.41, 5.74) is -0.569. The molecule has 1 N–H and O–H groups in total. The highest BCUT2D eigenvalue weighted by atomic mass is 32.2. The van der Waals surface area contributed by atoms with Crippen LogP contribution in [0.15, 0.2) is 23.1 Å². The minimum atomic E-state index is -4.90. The van der Waals surface area contributed by atoms with Crippen molar-refractivity contribution in [2.45, 2.75) is 50.4 Å². The Morgan fingerprint density at radius 2 is 2.04 bits per heavy atom. The average Bonchev–Trinajstić information content (AvgIpc) is 2.59. The Morgan fingerprint density at radius 1 is 1.37 bits per heavy atom.